The second-order valence-electron chi connectivity index (χ2n) is 6.05. The van der Waals surface area contributed by atoms with E-state index in [1.807, 2.05) is 25.4 Å². The number of nitrogens with one attached hydrogen (secondary N) is 2. The van der Waals surface area contributed by atoms with Crippen molar-refractivity contribution in [1.82, 2.24) is 20.5 Å². The van der Waals surface area contributed by atoms with Gasteiger partial charge in [-0.2, -0.15) is 0 Å². The minimum atomic E-state index is 0. The maximum absolute atomic E-state index is 5.79. The summed E-state index contributed by atoms with van der Waals surface area (Å²) in [6.45, 7) is 6.36. The van der Waals surface area contributed by atoms with E-state index < -0.39 is 0 Å². The number of pyridine rings is 1. The SMILES string of the molecule is CN=C(NCCc1ccc(Cl)nc1)NCCN1CCCCC1C.I. The van der Waals surface area contributed by atoms with E-state index in [2.05, 4.69) is 32.4 Å². The fourth-order valence-electron chi connectivity index (χ4n) is 2.91. The number of aromatic nitrogens is 1. The lowest BCUT2D eigenvalue weighted by Gasteiger charge is -2.33. The van der Waals surface area contributed by atoms with Crippen molar-refractivity contribution >= 4 is 41.5 Å². The summed E-state index contributed by atoms with van der Waals surface area (Å²) in [5, 5.41) is 7.27. The Labute approximate surface area is 167 Å². The molecule has 1 unspecified atom stereocenters. The van der Waals surface area contributed by atoms with E-state index in [-0.39, 0.29) is 24.0 Å². The Bertz CT molecular complexity index is 494. The molecule has 0 aliphatic carbocycles. The van der Waals surface area contributed by atoms with E-state index in [4.69, 9.17) is 11.6 Å². The molecule has 0 radical (unpaired) electrons. The van der Waals surface area contributed by atoms with Crippen molar-refractivity contribution in [2.75, 3.05) is 33.2 Å². The maximum Gasteiger partial charge on any atom is 0.191 e. The van der Waals surface area contributed by atoms with Crippen LogP contribution < -0.4 is 10.6 Å². The van der Waals surface area contributed by atoms with Gasteiger partial charge in [0.15, 0.2) is 5.96 Å². The van der Waals surface area contributed by atoms with Crippen molar-refractivity contribution in [3.63, 3.8) is 0 Å². The molecule has 0 aromatic carbocycles. The molecule has 7 heteroatoms. The molecule has 0 amide bonds. The van der Waals surface area contributed by atoms with Crippen LogP contribution in [-0.4, -0.2) is 55.1 Å². The normalized spacial score (nSPS) is 18.8. The minimum absolute atomic E-state index is 0. The molecule has 1 fully saturated rings. The molecule has 136 valence electrons. The van der Waals surface area contributed by atoms with Gasteiger partial charge in [-0.3, -0.25) is 9.89 Å². The zero-order chi connectivity index (χ0) is 16.5. The van der Waals surface area contributed by atoms with Crippen molar-refractivity contribution in [3.8, 4) is 0 Å². The van der Waals surface area contributed by atoms with E-state index in [9.17, 15) is 0 Å². The fraction of sp³-hybridized carbons (Fsp3) is 0.647. The van der Waals surface area contributed by atoms with Crippen LogP contribution in [0.1, 0.15) is 31.7 Å². The topological polar surface area (TPSA) is 52.6 Å². The molecule has 2 N–H and O–H groups in total. The van der Waals surface area contributed by atoms with Crippen molar-refractivity contribution in [2.24, 2.45) is 4.99 Å². The van der Waals surface area contributed by atoms with Crippen LogP contribution in [0.5, 0.6) is 0 Å². The molecule has 1 atom stereocenters. The Morgan fingerprint density at radius 3 is 2.79 bits per heavy atom. The number of halogens is 2. The average molecular weight is 466 g/mol. The van der Waals surface area contributed by atoms with E-state index in [0.29, 0.717) is 11.2 Å². The lowest BCUT2D eigenvalue weighted by Crippen LogP contribution is -2.45. The van der Waals surface area contributed by atoms with Gasteiger partial charge in [-0.05, 0) is 44.4 Å². The molecular formula is C17H29ClIN5. The molecule has 1 aromatic rings. The molecule has 2 rings (SSSR count). The molecule has 1 saturated heterocycles. The first-order valence-corrected chi connectivity index (χ1v) is 8.86. The Morgan fingerprint density at radius 2 is 2.12 bits per heavy atom. The van der Waals surface area contributed by atoms with E-state index in [1.165, 1.54) is 31.4 Å². The molecule has 0 bridgehead atoms. The van der Waals surface area contributed by atoms with Crippen LogP contribution >= 0.6 is 35.6 Å². The van der Waals surface area contributed by atoms with Crippen molar-refractivity contribution in [1.29, 1.82) is 0 Å². The number of piperidine rings is 1. The summed E-state index contributed by atoms with van der Waals surface area (Å²) < 4.78 is 0. The highest BCUT2D eigenvalue weighted by Crippen LogP contribution is 2.15. The van der Waals surface area contributed by atoms with Gasteiger partial charge in [0.05, 0.1) is 0 Å². The van der Waals surface area contributed by atoms with E-state index in [1.54, 1.807) is 0 Å². The first-order valence-electron chi connectivity index (χ1n) is 8.48. The molecular weight excluding hydrogens is 437 g/mol. The van der Waals surface area contributed by atoms with Gasteiger partial charge in [0, 0.05) is 38.9 Å². The standard InChI is InChI=1S/C17H28ClN5.HI/c1-14-5-3-4-11-23(14)12-10-21-17(19-2)20-9-8-15-6-7-16(18)22-13-15;/h6-7,13-14H,3-5,8-12H2,1-2H3,(H2,19,20,21);1H. The zero-order valence-electron chi connectivity index (χ0n) is 14.6. The lowest BCUT2D eigenvalue weighted by atomic mass is 10.0. The van der Waals surface area contributed by atoms with Crippen LogP contribution in [0.25, 0.3) is 0 Å². The number of likely N-dealkylation sites (tertiary alicyclic amines) is 1. The Hall–Kier alpha value is -0.600. The number of hydrogen-bond acceptors (Lipinski definition) is 3. The monoisotopic (exact) mass is 465 g/mol. The minimum Gasteiger partial charge on any atom is -0.356 e. The Morgan fingerprint density at radius 1 is 1.33 bits per heavy atom. The number of hydrogen-bond donors (Lipinski definition) is 2. The first kappa shape index (κ1) is 21.4. The van der Waals surface area contributed by atoms with Gasteiger partial charge in [-0.15, -0.1) is 24.0 Å². The van der Waals surface area contributed by atoms with Crippen LogP contribution in [0.3, 0.4) is 0 Å². The van der Waals surface area contributed by atoms with E-state index >= 15 is 0 Å². The summed E-state index contributed by atoms with van der Waals surface area (Å²) in [7, 11) is 1.81. The van der Waals surface area contributed by atoms with Gasteiger partial charge >= 0.3 is 0 Å². The van der Waals surface area contributed by atoms with Crippen LogP contribution in [0.2, 0.25) is 5.15 Å². The highest BCUT2D eigenvalue weighted by atomic mass is 127. The molecule has 2 heterocycles. The second-order valence-corrected chi connectivity index (χ2v) is 6.43. The van der Waals surface area contributed by atoms with Crippen LogP contribution in [0.4, 0.5) is 0 Å². The summed E-state index contributed by atoms with van der Waals surface area (Å²) in [4.78, 5) is 10.9. The van der Waals surface area contributed by atoms with Gasteiger partial charge in [-0.1, -0.05) is 24.1 Å². The van der Waals surface area contributed by atoms with Gasteiger partial charge in [0.25, 0.3) is 0 Å². The van der Waals surface area contributed by atoms with Crippen LogP contribution in [0.15, 0.2) is 23.3 Å². The molecule has 1 aliphatic heterocycles. The van der Waals surface area contributed by atoms with Crippen molar-refractivity contribution in [3.05, 3.63) is 29.0 Å². The highest BCUT2D eigenvalue weighted by molar-refractivity contribution is 14.0. The third kappa shape index (κ3) is 7.53. The lowest BCUT2D eigenvalue weighted by molar-refractivity contribution is 0.163. The predicted octanol–water partition coefficient (Wildman–Crippen LogP) is 2.93. The molecule has 5 nitrogen and oxygen atoms in total. The quantitative estimate of drug-likeness (QED) is 0.294. The number of rotatable bonds is 6. The third-order valence-corrected chi connectivity index (χ3v) is 4.57. The van der Waals surface area contributed by atoms with Crippen molar-refractivity contribution < 1.29 is 0 Å². The predicted molar refractivity (Wildman–Crippen MR) is 113 cm³/mol. The zero-order valence-corrected chi connectivity index (χ0v) is 17.7. The summed E-state index contributed by atoms with van der Waals surface area (Å²) in [5.41, 5.74) is 1.17. The number of nitrogens with zero attached hydrogens (tertiary/aromatic N) is 3. The summed E-state index contributed by atoms with van der Waals surface area (Å²) in [6.07, 6.45) is 6.73. The van der Waals surface area contributed by atoms with Crippen LogP contribution in [-0.2, 0) is 6.42 Å². The highest BCUT2D eigenvalue weighted by Gasteiger charge is 2.17. The number of aliphatic imine (C=N–C) groups is 1. The maximum atomic E-state index is 5.79. The molecule has 0 saturated carbocycles. The van der Waals surface area contributed by atoms with Crippen LogP contribution in [0, 0.1) is 0 Å². The molecule has 24 heavy (non-hydrogen) atoms. The summed E-state index contributed by atoms with van der Waals surface area (Å²) in [6, 6.07) is 4.53. The Balaban J connectivity index is 0.00000288. The van der Waals surface area contributed by atoms with Gasteiger partial charge in [-0.25, -0.2) is 4.98 Å². The molecule has 0 spiro atoms. The smallest absolute Gasteiger partial charge is 0.191 e. The molecule has 1 aliphatic rings. The van der Waals surface area contributed by atoms with Gasteiger partial charge < -0.3 is 10.6 Å². The largest absolute Gasteiger partial charge is 0.356 e. The average Bonchev–Trinajstić information content (AvgIpc) is 2.57. The van der Waals surface area contributed by atoms with Crippen molar-refractivity contribution in [2.45, 2.75) is 38.6 Å². The van der Waals surface area contributed by atoms with Gasteiger partial charge in [0.2, 0.25) is 0 Å². The third-order valence-electron chi connectivity index (χ3n) is 4.35. The van der Waals surface area contributed by atoms with Gasteiger partial charge in [0.1, 0.15) is 5.15 Å². The molecule has 1 aromatic heterocycles. The van der Waals surface area contributed by atoms with E-state index in [0.717, 1.165) is 32.0 Å². The second kappa shape index (κ2) is 11.9. The summed E-state index contributed by atoms with van der Waals surface area (Å²) >= 11 is 5.79. The first-order chi connectivity index (χ1) is 11.2. The Kier molecular flexibility index (Phi) is 10.6. The number of guanidine groups is 1. The summed E-state index contributed by atoms with van der Waals surface area (Å²) in [5.74, 6) is 0.858. The fourth-order valence-corrected chi connectivity index (χ4v) is 3.02.